The molecule has 2 N–H and O–H groups in total. The fourth-order valence-electron chi connectivity index (χ4n) is 2.70. The van der Waals surface area contributed by atoms with Crippen molar-refractivity contribution in [3.63, 3.8) is 0 Å². The van der Waals surface area contributed by atoms with Crippen LogP contribution in [0.3, 0.4) is 0 Å². The van der Waals surface area contributed by atoms with Gasteiger partial charge in [-0.25, -0.2) is 0 Å². The third kappa shape index (κ3) is 5.05. The molecule has 22 heavy (non-hydrogen) atoms. The Balaban J connectivity index is 1.74. The van der Waals surface area contributed by atoms with Crippen molar-refractivity contribution in [2.75, 3.05) is 33.3 Å². The number of carbonyl (C=O) groups excluding carboxylic acids is 1. The van der Waals surface area contributed by atoms with Crippen molar-refractivity contribution < 1.29 is 14.6 Å². The van der Waals surface area contributed by atoms with Gasteiger partial charge < -0.3 is 20.1 Å². The number of β-amino-alcohol motifs (C(OH)–C–C–N with tert-alkyl or cyclic N) is 1. The molecule has 0 saturated carbocycles. The highest BCUT2D eigenvalue weighted by Crippen LogP contribution is 2.18. The standard InChI is InChI=1S/C16H26N2O3S/c1-12-3-6-18(7-4-12)10-14(19)9-17-16(20)15-13(11-21-2)5-8-22-15/h5,8,12,14,19H,3-4,6-7,9-11H2,1-2H3,(H,17,20). The van der Waals surface area contributed by atoms with Gasteiger partial charge in [0.1, 0.15) is 0 Å². The Morgan fingerprint density at radius 3 is 2.95 bits per heavy atom. The molecular weight excluding hydrogens is 300 g/mol. The summed E-state index contributed by atoms with van der Waals surface area (Å²) >= 11 is 1.40. The molecule has 0 aromatic carbocycles. The first-order chi connectivity index (χ1) is 10.6. The minimum Gasteiger partial charge on any atom is -0.390 e. The summed E-state index contributed by atoms with van der Waals surface area (Å²) in [5.74, 6) is 0.652. The van der Waals surface area contributed by atoms with Crippen LogP contribution in [0.1, 0.15) is 35.0 Å². The highest BCUT2D eigenvalue weighted by molar-refractivity contribution is 7.12. The van der Waals surface area contributed by atoms with E-state index in [0.29, 0.717) is 18.0 Å². The minimum atomic E-state index is -0.525. The number of likely N-dealkylation sites (tertiary alicyclic amines) is 1. The molecule has 1 atom stereocenters. The van der Waals surface area contributed by atoms with Gasteiger partial charge in [0.2, 0.25) is 0 Å². The highest BCUT2D eigenvalue weighted by Gasteiger charge is 2.19. The van der Waals surface area contributed by atoms with Gasteiger partial charge in [0.05, 0.1) is 17.6 Å². The summed E-state index contributed by atoms with van der Waals surface area (Å²) in [5, 5.41) is 14.8. The molecule has 5 nitrogen and oxygen atoms in total. The number of rotatable bonds is 7. The maximum Gasteiger partial charge on any atom is 0.261 e. The van der Waals surface area contributed by atoms with Crippen molar-refractivity contribution in [1.82, 2.24) is 10.2 Å². The van der Waals surface area contributed by atoms with Gasteiger partial charge in [-0.1, -0.05) is 6.92 Å². The first-order valence-electron chi connectivity index (χ1n) is 7.84. The number of nitrogens with zero attached hydrogens (tertiary/aromatic N) is 1. The SMILES string of the molecule is COCc1ccsc1C(=O)NCC(O)CN1CCC(C)CC1. The van der Waals surface area contributed by atoms with E-state index in [4.69, 9.17) is 4.74 Å². The molecule has 2 heterocycles. The zero-order valence-electron chi connectivity index (χ0n) is 13.4. The van der Waals surface area contributed by atoms with Crippen LogP contribution in [0, 0.1) is 5.92 Å². The molecule has 0 radical (unpaired) electrons. The number of piperidine rings is 1. The topological polar surface area (TPSA) is 61.8 Å². The Bertz CT molecular complexity index is 470. The second kappa shape index (κ2) is 8.62. The van der Waals surface area contributed by atoms with Gasteiger partial charge in [-0.15, -0.1) is 11.3 Å². The van der Waals surface area contributed by atoms with Crippen molar-refractivity contribution in [1.29, 1.82) is 0 Å². The summed E-state index contributed by atoms with van der Waals surface area (Å²) in [4.78, 5) is 15.1. The van der Waals surface area contributed by atoms with Crippen molar-refractivity contribution in [3.05, 3.63) is 21.9 Å². The number of aliphatic hydroxyl groups excluding tert-OH is 1. The van der Waals surface area contributed by atoms with Crippen LogP contribution in [0.2, 0.25) is 0 Å². The number of amides is 1. The molecule has 1 unspecified atom stereocenters. The molecule has 1 aliphatic rings. The predicted molar refractivity (Wildman–Crippen MR) is 88.2 cm³/mol. The molecule has 6 heteroatoms. The Morgan fingerprint density at radius 1 is 1.55 bits per heavy atom. The van der Waals surface area contributed by atoms with Crippen molar-refractivity contribution in [2.24, 2.45) is 5.92 Å². The lowest BCUT2D eigenvalue weighted by molar-refractivity contribution is 0.0795. The zero-order valence-corrected chi connectivity index (χ0v) is 14.2. The molecule has 1 fully saturated rings. The van der Waals surface area contributed by atoms with Crippen LogP contribution in [-0.2, 0) is 11.3 Å². The summed E-state index contributed by atoms with van der Waals surface area (Å²) < 4.78 is 5.08. The van der Waals surface area contributed by atoms with Crippen LogP contribution in [0.4, 0.5) is 0 Å². The molecule has 1 amide bonds. The Hall–Kier alpha value is -0.950. The Labute approximate surface area is 136 Å². The van der Waals surface area contributed by atoms with Crippen molar-refractivity contribution in [2.45, 2.75) is 32.5 Å². The van der Waals surface area contributed by atoms with E-state index in [1.807, 2.05) is 11.4 Å². The number of hydrogen-bond donors (Lipinski definition) is 2. The van der Waals surface area contributed by atoms with Gasteiger partial charge in [0, 0.05) is 25.8 Å². The van der Waals surface area contributed by atoms with Gasteiger partial charge in [0.15, 0.2) is 0 Å². The first kappa shape index (κ1) is 17.4. The molecule has 0 bridgehead atoms. The van der Waals surface area contributed by atoms with Crippen LogP contribution >= 0.6 is 11.3 Å². The second-order valence-corrected chi connectivity index (χ2v) is 6.97. The third-order valence-corrected chi connectivity index (χ3v) is 5.05. The largest absolute Gasteiger partial charge is 0.390 e. The van der Waals surface area contributed by atoms with E-state index in [9.17, 15) is 9.90 Å². The average Bonchev–Trinajstić information content (AvgIpc) is 2.96. The van der Waals surface area contributed by atoms with Gasteiger partial charge in [-0.2, -0.15) is 0 Å². The summed E-state index contributed by atoms with van der Waals surface area (Å²) in [5.41, 5.74) is 0.893. The molecule has 0 aliphatic carbocycles. The number of methoxy groups -OCH3 is 1. The summed E-state index contributed by atoms with van der Waals surface area (Å²) in [6.07, 6.45) is 1.85. The number of hydrogen-bond acceptors (Lipinski definition) is 5. The lowest BCUT2D eigenvalue weighted by Gasteiger charge is -2.31. The van der Waals surface area contributed by atoms with E-state index in [2.05, 4.69) is 17.1 Å². The number of aliphatic hydroxyl groups is 1. The fraction of sp³-hybridized carbons (Fsp3) is 0.688. The quantitative estimate of drug-likeness (QED) is 0.801. The van der Waals surface area contributed by atoms with Gasteiger partial charge in [-0.05, 0) is 43.3 Å². The fourth-order valence-corrected chi connectivity index (χ4v) is 3.53. The highest BCUT2D eigenvalue weighted by atomic mass is 32.1. The van der Waals surface area contributed by atoms with E-state index in [-0.39, 0.29) is 12.5 Å². The van der Waals surface area contributed by atoms with Crippen LogP contribution in [0.5, 0.6) is 0 Å². The van der Waals surface area contributed by atoms with E-state index in [1.165, 1.54) is 24.2 Å². The third-order valence-electron chi connectivity index (χ3n) is 4.10. The van der Waals surface area contributed by atoms with Crippen LogP contribution in [0.25, 0.3) is 0 Å². The van der Waals surface area contributed by atoms with E-state index in [1.54, 1.807) is 7.11 Å². The Kier molecular flexibility index (Phi) is 6.82. The molecular formula is C16H26N2O3S. The average molecular weight is 326 g/mol. The number of ether oxygens (including phenoxy) is 1. The number of thiophene rings is 1. The zero-order chi connectivity index (χ0) is 15.9. The number of carbonyl (C=O) groups is 1. The van der Waals surface area contributed by atoms with Crippen LogP contribution < -0.4 is 5.32 Å². The van der Waals surface area contributed by atoms with Crippen LogP contribution in [-0.4, -0.2) is 55.3 Å². The van der Waals surface area contributed by atoms with E-state index < -0.39 is 6.10 Å². The van der Waals surface area contributed by atoms with Crippen molar-refractivity contribution in [3.8, 4) is 0 Å². The van der Waals surface area contributed by atoms with Gasteiger partial charge in [0.25, 0.3) is 5.91 Å². The lowest BCUT2D eigenvalue weighted by Crippen LogP contribution is -2.43. The second-order valence-electron chi connectivity index (χ2n) is 6.05. The molecule has 1 aromatic rings. The van der Waals surface area contributed by atoms with Gasteiger partial charge in [-0.3, -0.25) is 4.79 Å². The smallest absolute Gasteiger partial charge is 0.261 e. The molecule has 0 spiro atoms. The molecule has 1 aromatic heterocycles. The normalized spacial score (nSPS) is 18.3. The summed E-state index contributed by atoms with van der Waals surface area (Å²) in [7, 11) is 1.61. The van der Waals surface area contributed by atoms with E-state index >= 15 is 0 Å². The maximum atomic E-state index is 12.2. The molecule has 1 saturated heterocycles. The molecule has 1 aliphatic heterocycles. The predicted octanol–water partition coefficient (Wildman–Crippen LogP) is 1.72. The Morgan fingerprint density at radius 2 is 2.27 bits per heavy atom. The summed E-state index contributed by atoms with van der Waals surface area (Å²) in [6.45, 7) is 5.69. The molecule has 2 rings (SSSR count). The van der Waals surface area contributed by atoms with Crippen LogP contribution in [0.15, 0.2) is 11.4 Å². The van der Waals surface area contributed by atoms with Crippen molar-refractivity contribution >= 4 is 17.2 Å². The lowest BCUT2D eigenvalue weighted by atomic mass is 9.99. The van der Waals surface area contributed by atoms with E-state index in [0.717, 1.165) is 24.6 Å². The maximum absolute atomic E-state index is 12.2. The molecule has 124 valence electrons. The first-order valence-corrected chi connectivity index (χ1v) is 8.72. The monoisotopic (exact) mass is 326 g/mol. The number of nitrogens with one attached hydrogen (secondary N) is 1. The summed E-state index contributed by atoms with van der Waals surface area (Å²) in [6, 6.07) is 1.90. The van der Waals surface area contributed by atoms with Gasteiger partial charge >= 0.3 is 0 Å². The minimum absolute atomic E-state index is 0.131.